The van der Waals surface area contributed by atoms with E-state index in [0.717, 1.165) is 15.9 Å². The Balaban J connectivity index is 2.11. The SMILES string of the molecule is NNc1nnc(Cn2c(=O)sc3ccccc3c2=O)s1. The minimum atomic E-state index is -0.318. The number of anilines is 1. The van der Waals surface area contributed by atoms with E-state index in [1.54, 1.807) is 24.3 Å². The lowest BCUT2D eigenvalue weighted by Crippen LogP contribution is -2.31. The first-order valence-corrected chi connectivity index (χ1v) is 7.24. The van der Waals surface area contributed by atoms with Gasteiger partial charge >= 0.3 is 4.87 Å². The molecular formula is C11H9N5O2S2. The first kappa shape index (κ1) is 12.9. The molecule has 0 amide bonds. The summed E-state index contributed by atoms with van der Waals surface area (Å²) in [6.45, 7) is 0.0956. The van der Waals surface area contributed by atoms with Gasteiger partial charge in [0.05, 0.1) is 11.9 Å². The molecular weight excluding hydrogens is 298 g/mol. The molecule has 3 N–H and O–H groups in total. The van der Waals surface area contributed by atoms with Crippen LogP contribution in [0.15, 0.2) is 33.9 Å². The van der Waals surface area contributed by atoms with E-state index in [0.29, 0.717) is 20.2 Å². The summed E-state index contributed by atoms with van der Waals surface area (Å²) in [5.41, 5.74) is 2.06. The molecule has 0 saturated carbocycles. The van der Waals surface area contributed by atoms with E-state index in [1.165, 1.54) is 11.3 Å². The highest BCUT2D eigenvalue weighted by Gasteiger charge is 2.11. The standard InChI is InChI=1S/C11H9N5O2S2/c12-13-10-15-14-8(20-10)5-16-9(17)6-3-1-2-4-7(6)19-11(16)18/h1-4H,5,12H2,(H,13,15). The van der Waals surface area contributed by atoms with Gasteiger partial charge < -0.3 is 0 Å². The fourth-order valence-corrected chi connectivity index (χ4v) is 3.25. The van der Waals surface area contributed by atoms with Crippen molar-refractivity contribution in [2.45, 2.75) is 6.54 Å². The van der Waals surface area contributed by atoms with Gasteiger partial charge in [-0.15, -0.1) is 10.2 Å². The van der Waals surface area contributed by atoms with Crippen LogP contribution < -0.4 is 21.7 Å². The summed E-state index contributed by atoms with van der Waals surface area (Å²) in [4.78, 5) is 24.0. The number of nitrogens with two attached hydrogens (primary N) is 1. The van der Waals surface area contributed by atoms with Gasteiger partial charge in [0, 0.05) is 4.70 Å². The summed E-state index contributed by atoms with van der Waals surface area (Å²) < 4.78 is 1.84. The molecule has 0 unspecified atom stereocenters. The van der Waals surface area contributed by atoms with E-state index in [4.69, 9.17) is 5.84 Å². The number of fused-ring (bicyclic) bond motifs is 1. The van der Waals surface area contributed by atoms with Crippen LogP contribution in [0.1, 0.15) is 5.01 Å². The molecule has 7 nitrogen and oxygen atoms in total. The third-order valence-electron chi connectivity index (χ3n) is 2.66. The molecule has 0 aliphatic rings. The van der Waals surface area contributed by atoms with Gasteiger partial charge in [0.15, 0.2) is 0 Å². The Hall–Kier alpha value is -2.10. The number of hydrogen-bond donors (Lipinski definition) is 2. The minimum absolute atomic E-state index is 0.0956. The monoisotopic (exact) mass is 307 g/mol. The molecule has 2 aromatic heterocycles. The predicted molar refractivity (Wildman–Crippen MR) is 79.2 cm³/mol. The molecule has 1 aromatic carbocycles. The van der Waals surface area contributed by atoms with Crippen molar-refractivity contribution in [1.82, 2.24) is 14.8 Å². The largest absolute Gasteiger partial charge is 0.310 e. The fraction of sp³-hybridized carbons (Fsp3) is 0.0909. The maximum absolute atomic E-state index is 12.3. The molecule has 9 heteroatoms. The van der Waals surface area contributed by atoms with E-state index in [2.05, 4.69) is 15.6 Å². The number of nitrogens with zero attached hydrogens (tertiary/aromatic N) is 3. The van der Waals surface area contributed by atoms with Crippen molar-refractivity contribution in [1.29, 1.82) is 0 Å². The van der Waals surface area contributed by atoms with Crippen molar-refractivity contribution in [3.63, 3.8) is 0 Å². The summed E-state index contributed by atoms with van der Waals surface area (Å²) in [5, 5.41) is 9.15. The third-order valence-corrected chi connectivity index (χ3v) is 4.47. The first-order valence-electron chi connectivity index (χ1n) is 5.60. The van der Waals surface area contributed by atoms with E-state index in [1.807, 2.05) is 0 Å². The lowest BCUT2D eigenvalue weighted by molar-refractivity contribution is 0.737. The van der Waals surface area contributed by atoms with Crippen molar-refractivity contribution in [3.8, 4) is 0 Å². The minimum Gasteiger partial charge on any atom is -0.298 e. The smallest absolute Gasteiger partial charge is 0.298 e. The molecule has 0 radical (unpaired) electrons. The Bertz CT molecular complexity index is 882. The van der Waals surface area contributed by atoms with Gasteiger partial charge in [0.2, 0.25) is 5.13 Å². The maximum atomic E-state index is 12.3. The Morgan fingerprint density at radius 2 is 2.00 bits per heavy atom. The Morgan fingerprint density at radius 1 is 1.20 bits per heavy atom. The molecule has 0 saturated heterocycles. The van der Waals surface area contributed by atoms with Gasteiger partial charge in [-0.2, -0.15) is 0 Å². The number of aromatic nitrogens is 3. The molecule has 0 atom stereocenters. The maximum Gasteiger partial charge on any atom is 0.310 e. The summed E-state index contributed by atoms with van der Waals surface area (Å²) in [6.07, 6.45) is 0. The van der Waals surface area contributed by atoms with Gasteiger partial charge in [-0.1, -0.05) is 34.8 Å². The molecule has 3 rings (SSSR count). The number of benzene rings is 1. The second kappa shape index (κ2) is 5.12. The number of nitrogen functional groups attached to an aromatic ring is 1. The molecule has 0 spiro atoms. The summed E-state index contributed by atoms with van der Waals surface area (Å²) >= 11 is 2.24. The fourth-order valence-electron chi connectivity index (χ4n) is 1.76. The highest BCUT2D eigenvalue weighted by molar-refractivity contribution is 7.16. The van der Waals surface area contributed by atoms with Crippen LogP contribution in [0.2, 0.25) is 0 Å². The van der Waals surface area contributed by atoms with E-state index >= 15 is 0 Å². The topological polar surface area (TPSA) is 103 Å². The number of hydrazine groups is 1. The molecule has 3 aromatic rings. The zero-order valence-corrected chi connectivity index (χ0v) is 11.7. The van der Waals surface area contributed by atoms with Gasteiger partial charge in [-0.25, -0.2) is 5.84 Å². The molecule has 0 bridgehead atoms. The van der Waals surface area contributed by atoms with E-state index < -0.39 is 0 Å². The van der Waals surface area contributed by atoms with Crippen molar-refractivity contribution in [2.75, 3.05) is 5.43 Å². The molecule has 20 heavy (non-hydrogen) atoms. The first-order chi connectivity index (χ1) is 9.69. The van der Waals surface area contributed by atoms with Crippen molar-refractivity contribution in [3.05, 3.63) is 49.3 Å². The van der Waals surface area contributed by atoms with Crippen LogP contribution in [0.5, 0.6) is 0 Å². The van der Waals surface area contributed by atoms with Gasteiger partial charge in [-0.05, 0) is 12.1 Å². The van der Waals surface area contributed by atoms with Crippen LogP contribution in [0.4, 0.5) is 5.13 Å². The van der Waals surface area contributed by atoms with Crippen LogP contribution in [-0.2, 0) is 6.54 Å². The highest BCUT2D eigenvalue weighted by Crippen LogP contribution is 2.15. The summed E-state index contributed by atoms with van der Waals surface area (Å²) in [7, 11) is 0. The highest BCUT2D eigenvalue weighted by atomic mass is 32.1. The summed E-state index contributed by atoms with van der Waals surface area (Å²) in [5.74, 6) is 5.22. The summed E-state index contributed by atoms with van der Waals surface area (Å²) in [6, 6.07) is 7.03. The van der Waals surface area contributed by atoms with Gasteiger partial charge in [0.25, 0.3) is 5.56 Å². The van der Waals surface area contributed by atoms with Crippen LogP contribution >= 0.6 is 22.7 Å². The molecule has 0 aliphatic carbocycles. The van der Waals surface area contributed by atoms with Crippen LogP contribution in [0, 0.1) is 0 Å². The van der Waals surface area contributed by atoms with Crippen LogP contribution in [0.25, 0.3) is 10.1 Å². The zero-order chi connectivity index (χ0) is 14.1. The lowest BCUT2D eigenvalue weighted by Gasteiger charge is -2.02. The Labute approximate surface area is 120 Å². The Kier molecular flexibility index (Phi) is 3.30. The van der Waals surface area contributed by atoms with Gasteiger partial charge in [0.1, 0.15) is 5.01 Å². The lowest BCUT2D eigenvalue weighted by atomic mass is 10.3. The van der Waals surface area contributed by atoms with E-state index in [-0.39, 0.29) is 17.0 Å². The Morgan fingerprint density at radius 3 is 2.75 bits per heavy atom. The predicted octanol–water partition coefficient (Wildman–Crippen LogP) is 0.609. The quantitative estimate of drug-likeness (QED) is 0.543. The normalized spacial score (nSPS) is 10.8. The average Bonchev–Trinajstić information content (AvgIpc) is 2.91. The third kappa shape index (κ3) is 2.22. The van der Waals surface area contributed by atoms with Crippen molar-refractivity contribution < 1.29 is 0 Å². The van der Waals surface area contributed by atoms with Crippen LogP contribution in [-0.4, -0.2) is 14.8 Å². The van der Waals surface area contributed by atoms with Crippen LogP contribution in [0.3, 0.4) is 0 Å². The average molecular weight is 307 g/mol. The second-order valence-corrected chi connectivity index (χ2v) is 5.96. The number of hydrogen-bond acceptors (Lipinski definition) is 8. The van der Waals surface area contributed by atoms with Crippen molar-refractivity contribution in [2.24, 2.45) is 5.84 Å². The second-order valence-electron chi connectivity index (χ2n) is 3.90. The van der Waals surface area contributed by atoms with E-state index in [9.17, 15) is 9.59 Å². The molecule has 0 aliphatic heterocycles. The zero-order valence-electron chi connectivity index (χ0n) is 10.1. The number of nitrogens with one attached hydrogen (secondary N) is 1. The van der Waals surface area contributed by atoms with Gasteiger partial charge in [-0.3, -0.25) is 19.6 Å². The van der Waals surface area contributed by atoms with Crippen molar-refractivity contribution >= 4 is 37.9 Å². The molecule has 102 valence electrons. The molecule has 0 fully saturated rings. The number of rotatable bonds is 3. The molecule has 2 heterocycles.